The quantitative estimate of drug-likeness (QED) is 0.280. The number of hydrogen-bond donors (Lipinski definition) is 1. The van der Waals surface area contributed by atoms with Crippen LogP contribution in [0.15, 0.2) is 37.1 Å². The van der Waals surface area contributed by atoms with E-state index < -0.39 is 50.6 Å². The molecule has 4 bridgehead atoms. The van der Waals surface area contributed by atoms with Gasteiger partial charge in [0, 0.05) is 24.4 Å². The molecular formula is C39H49N3O9S. The highest BCUT2D eigenvalue weighted by Crippen LogP contribution is 2.57. The second kappa shape index (κ2) is 14.8. The number of pyridine rings is 1. The maximum atomic E-state index is 14.7. The lowest BCUT2D eigenvalue weighted by Gasteiger charge is -2.31. The zero-order valence-corrected chi connectivity index (χ0v) is 30.7. The second-order valence-electron chi connectivity index (χ2n) is 15.4. The summed E-state index contributed by atoms with van der Waals surface area (Å²) in [4.78, 5) is 62.0. The maximum Gasteiger partial charge on any atom is 0.306 e. The van der Waals surface area contributed by atoms with E-state index in [4.69, 9.17) is 14.2 Å². The molecular weight excluding hydrogens is 687 g/mol. The Labute approximate surface area is 305 Å². The summed E-state index contributed by atoms with van der Waals surface area (Å²) in [6.45, 7) is 4.19. The van der Waals surface area contributed by atoms with Gasteiger partial charge in [0.15, 0.2) is 5.78 Å². The molecule has 2 aliphatic heterocycles. The summed E-state index contributed by atoms with van der Waals surface area (Å²) in [5, 5.41) is 1.08. The van der Waals surface area contributed by atoms with E-state index in [1.54, 1.807) is 24.3 Å². The lowest BCUT2D eigenvalue weighted by Crippen LogP contribution is -2.47. The number of aromatic nitrogens is 1. The minimum Gasteiger partial charge on any atom is -0.496 e. The predicted octanol–water partition coefficient (Wildman–Crippen LogP) is 4.82. The Bertz CT molecular complexity index is 1850. The number of fused-ring (bicyclic) bond motifs is 3. The van der Waals surface area contributed by atoms with Crippen molar-refractivity contribution < 1.29 is 41.8 Å². The number of carbonyl (C=O) groups is 4. The van der Waals surface area contributed by atoms with Crippen molar-refractivity contribution in [3.63, 3.8) is 0 Å². The van der Waals surface area contributed by atoms with Crippen molar-refractivity contribution in [2.75, 3.05) is 20.3 Å². The van der Waals surface area contributed by atoms with E-state index >= 15 is 0 Å². The molecule has 5 atom stereocenters. The van der Waals surface area contributed by atoms with Gasteiger partial charge in [-0.15, -0.1) is 6.58 Å². The molecule has 5 aliphatic rings. The van der Waals surface area contributed by atoms with E-state index in [9.17, 15) is 27.6 Å². The first-order chi connectivity index (χ1) is 25.0. The van der Waals surface area contributed by atoms with Crippen molar-refractivity contribution in [1.82, 2.24) is 14.6 Å². The molecule has 0 spiro atoms. The largest absolute Gasteiger partial charge is 0.496 e. The van der Waals surface area contributed by atoms with Gasteiger partial charge in [-0.2, -0.15) is 0 Å². The van der Waals surface area contributed by atoms with Crippen LogP contribution in [0.5, 0.6) is 11.6 Å². The van der Waals surface area contributed by atoms with Gasteiger partial charge < -0.3 is 19.1 Å². The molecule has 12 nitrogen and oxygen atoms in total. The van der Waals surface area contributed by atoms with Crippen molar-refractivity contribution in [3.8, 4) is 11.6 Å². The molecule has 3 heterocycles. The maximum absolute atomic E-state index is 14.7. The van der Waals surface area contributed by atoms with Gasteiger partial charge in [-0.1, -0.05) is 18.9 Å². The number of allylic oxidation sites excluding steroid dienone is 1. The number of ether oxygens (including phenoxy) is 3. The third kappa shape index (κ3) is 7.43. The Morgan fingerprint density at radius 3 is 2.62 bits per heavy atom. The number of carbonyl (C=O) groups excluding carboxylic acids is 4. The Kier molecular flexibility index (Phi) is 10.3. The molecule has 3 aliphatic carbocycles. The van der Waals surface area contributed by atoms with Crippen LogP contribution in [0.25, 0.3) is 10.8 Å². The van der Waals surface area contributed by atoms with Crippen LogP contribution in [0.1, 0.15) is 89.0 Å². The summed E-state index contributed by atoms with van der Waals surface area (Å²) in [5.74, 6) is -1.67. The van der Waals surface area contributed by atoms with Crippen LogP contribution in [0.2, 0.25) is 0 Å². The zero-order chi connectivity index (χ0) is 36.6. The summed E-state index contributed by atoms with van der Waals surface area (Å²) >= 11 is 0. The molecule has 3 saturated carbocycles. The Balaban J connectivity index is 1.21. The molecule has 1 aromatic carbocycles. The summed E-state index contributed by atoms with van der Waals surface area (Å²) < 4.78 is 45.7. The van der Waals surface area contributed by atoms with Crippen LogP contribution in [0.4, 0.5) is 0 Å². The number of nitrogens with zero attached hydrogens (tertiary/aromatic N) is 2. The van der Waals surface area contributed by atoms with Crippen molar-refractivity contribution in [2.24, 2.45) is 23.2 Å². The lowest BCUT2D eigenvalue weighted by atomic mass is 9.86. The lowest BCUT2D eigenvalue weighted by molar-refractivity contribution is -0.151. The van der Waals surface area contributed by atoms with Gasteiger partial charge >= 0.3 is 5.97 Å². The van der Waals surface area contributed by atoms with Gasteiger partial charge in [0.2, 0.25) is 27.7 Å². The number of aryl methyl sites for hydroxylation is 1. The number of Topliss-reactive ketones (excluding diaryl/α,β-unsaturated/α-hetero) is 1. The molecule has 2 amide bonds. The van der Waals surface area contributed by atoms with E-state index in [0.717, 1.165) is 67.0 Å². The first-order valence-electron chi connectivity index (χ1n) is 18.8. The third-order valence-corrected chi connectivity index (χ3v) is 13.7. The van der Waals surface area contributed by atoms with Gasteiger partial charge in [0.05, 0.1) is 49.3 Å². The van der Waals surface area contributed by atoms with Crippen LogP contribution in [-0.4, -0.2) is 79.5 Å². The number of cyclic esters (lactones) is 1. The van der Waals surface area contributed by atoms with Gasteiger partial charge in [-0.05, 0) is 98.8 Å². The zero-order valence-electron chi connectivity index (χ0n) is 29.8. The van der Waals surface area contributed by atoms with Crippen molar-refractivity contribution in [1.29, 1.82) is 0 Å². The van der Waals surface area contributed by atoms with E-state index in [1.165, 1.54) is 0 Å². The standard InChI is InChI=1S/C39H49N3O9S/c1-3-27-21-39(27,38(46)41-52(47,48)29-12-13-29)22-33(43)32-19-28-23-42(32)37(45)31(24-9-6-7-10-24)20-35(44)50-16-8-4-5-11-26-17-30-25(18-34(26)49-2)14-15-40-36(30)51-28/h3,14-15,17-18,24,27-29,31-32H,1,4-13,16,19-23H2,2H3,(H,41,46)/t27-,28-,31+,32+,39-/m1/s1. The molecule has 1 aromatic heterocycles. The summed E-state index contributed by atoms with van der Waals surface area (Å²) in [6.07, 6.45) is 10.4. The first kappa shape index (κ1) is 36.4. The first-order valence-corrected chi connectivity index (χ1v) is 20.4. The highest BCUT2D eigenvalue weighted by Gasteiger charge is 2.61. The van der Waals surface area contributed by atoms with Gasteiger partial charge in [0.1, 0.15) is 11.9 Å². The van der Waals surface area contributed by atoms with Gasteiger partial charge in [-0.25, -0.2) is 13.4 Å². The summed E-state index contributed by atoms with van der Waals surface area (Å²) in [5.41, 5.74) is -0.266. The number of amides is 2. The fourth-order valence-corrected chi connectivity index (χ4v) is 10.0. The average Bonchev–Trinajstić information content (AvgIpc) is 4.00. The van der Waals surface area contributed by atoms with Gasteiger partial charge in [-0.3, -0.25) is 23.9 Å². The molecule has 13 heteroatoms. The number of methoxy groups -OCH3 is 1. The van der Waals surface area contributed by atoms with E-state index in [0.29, 0.717) is 25.1 Å². The number of sulfonamides is 1. The minimum absolute atomic E-state index is 0.0205. The fourth-order valence-electron chi connectivity index (χ4n) is 8.64. The molecule has 4 fully saturated rings. The number of ketones is 1. The van der Waals surface area contributed by atoms with E-state index in [1.807, 2.05) is 18.2 Å². The number of esters is 1. The number of hydrogen-bond acceptors (Lipinski definition) is 10. The Hall–Kier alpha value is -4.00. The molecule has 0 unspecified atom stereocenters. The average molecular weight is 736 g/mol. The predicted molar refractivity (Wildman–Crippen MR) is 192 cm³/mol. The van der Waals surface area contributed by atoms with Gasteiger partial charge in [0.25, 0.3) is 0 Å². The van der Waals surface area contributed by atoms with E-state index in [2.05, 4.69) is 16.3 Å². The normalized spacial score (nSPS) is 28.8. The molecule has 2 aromatic rings. The second-order valence-corrected chi connectivity index (χ2v) is 17.4. The van der Waals surface area contributed by atoms with Crippen molar-refractivity contribution >= 4 is 44.4 Å². The van der Waals surface area contributed by atoms with Crippen LogP contribution in [-0.2, 0) is 40.4 Å². The summed E-state index contributed by atoms with van der Waals surface area (Å²) in [6, 6.07) is 4.93. The van der Waals surface area contributed by atoms with E-state index in [-0.39, 0.29) is 62.4 Å². The van der Waals surface area contributed by atoms with Crippen LogP contribution in [0.3, 0.4) is 0 Å². The highest BCUT2D eigenvalue weighted by atomic mass is 32.2. The smallest absolute Gasteiger partial charge is 0.306 e. The minimum atomic E-state index is -3.83. The van der Waals surface area contributed by atoms with Crippen LogP contribution < -0.4 is 14.2 Å². The Morgan fingerprint density at radius 1 is 1.12 bits per heavy atom. The monoisotopic (exact) mass is 735 g/mol. The van der Waals surface area contributed by atoms with Crippen LogP contribution in [0, 0.1) is 23.2 Å². The molecule has 1 saturated heterocycles. The molecule has 7 rings (SSSR count). The molecule has 280 valence electrons. The Morgan fingerprint density at radius 2 is 1.90 bits per heavy atom. The SMILES string of the molecule is C=C[C@@H]1C[C@]1(CC(=O)[C@@H]1C[C@@H]2CN1C(=O)[C@H](C1CCCC1)CC(=O)OCCCCCc1cc3c(nccc3cc1OC)O2)C(=O)NS(=O)(=O)C1CC1. The molecule has 1 N–H and O–H groups in total. The highest BCUT2D eigenvalue weighted by molar-refractivity contribution is 7.90. The number of nitrogens with one attached hydrogen (secondary N) is 1. The molecule has 0 radical (unpaired) electrons. The van der Waals surface area contributed by atoms with Crippen LogP contribution >= 0.6 is 0 Å². The molecule has 52 heavy (non-hydrogen) atoms. The number of rotatable bonds is 9. The fraction of sp³-hybridized carbons (Fsp3) is 0.615. The number of benzene rings is 1. The van der Waals surface area contributed by atoms with Crippen molar-refractivity contribution in [2.45, 2.75) is 107 Å². The topological polar surface area (TPSA) is 158 Å². The van der Waals surface area contributed by atoms with Crippen molar-refractivity contribution in [3.05, 3.63) is 42.6 Å². The summed E-state index contributed by atoms with van der Waals surface area (Å²) in [7, 11) is -2.20. The third-order valence-electron chi connectivity index (χ3n) is 11.9.